The highest BCUT2D eigenvalue weighted by molar-refractivity contribution is 8.13. The quantitative estimate of drug-likeness (QED) is 0.0327. The van der Waals surface area contributed by atoms with Crippen molar-refractivity contribution in [3.63, 3.8) is 0 Å². The van der Waals surface area contributed by atoms with Gasteiger partial charge in [0.25, 0.3) is 0 Å². The van der Waals surface area contributed by atoms with E-state index in [1.165, 1.54) is 13.8 Å². The molecule has 3 amide bonds. The zero-order valence-corrected chi connectivity index (χ0v) is 39.6. The number of aliphatic hydroxyl groups is 5. The molecule has 0 aliphatic carbocycles. The summed E-state index contributed by atoms with van der Waals surface area (Å²) in [5.41, 5.74) is 10.0. The number of imidazole rings is 1. The Hall–Kier alpha value is -3.21. The van der Waals surface area contributed by atoms with Crippen LogP contribution in [0, 0.1) is 5.41 Å². The van der Waals surface area contributed by atoms with E-state index < -0.39 is 145 Å². The number of nitrogens with one attached hydrogen (secondary N) is 3. The van der Waals surface area contributed by atoms with Gasteiger partial charge in [-0.1, -0.05) is 25.6 Å². The SMILES string of the molecule is CC(=O)NC1C(OCC(N)C(=O)SCCNC(=O)CCNC(=O)C(O)C(C)(C)COP(=O)(O)OP(=O)(O)OCC2OC(n3cnc4c(N)ncnc43)C(O)C2OP(=O)(O)O)OC(CO)C(O)C1O. The number of ether oxygens (including phenoxy) is 3. The number of hydrogen-bond acceptors (Lipinski definition) is 25. The number of aromatic nitrogens is 4. The fourth-order valence-corrected chi connectivity index (χ4v) is 9.78. The Morgan fingerprint density at radius 3 is 2.28 bits per heavy atom. The Morgan fingerprint density at radius 2 is 1.63 bits per heavy atom. The topological polar surface area (TPSA) is 498 Å². The number of phosphoric ester groups is 3. The number of thioether (sulfide) groups is 1. The fourth-order valence-electron chi connectivity index (χ4n) is 6.27. The molecule has 2 aromatic heterocycles. The van der Waals surface area contributed by atoms with E-state index in [0.29, 0.717) is 0 Å². The number of hydrogen-bond donors (Lipinski definition) is 14. The molecule has 16 N–H and O–H groups in total. The van der Waals surface area contributed by atoms with Crippen LogP contribution in [0.2, 0.25) is 0 Å². The van der Waals surface area contributed by atoms with Gasteiger partial charge in [0.1, 0.15) is 60.6 Å². The van der Waals surface area contributed by atoms with Crippen molar-refractivity contribution in [2.75, 3.05) is 51.0 Å². The molecule has 13 atom stereocenters. The zero-order valence-electron chi connectivity index (χ0n) is 36.1. The van der Waals surface area contributed by atoms with Gasteiger partial charge in [0.2, 0.25) is 22.8 Å². The second-order valence-corrected chi connectivity index (χ2v) is 20.9. The molecule has 0 radical (unpaired) electrons. The van der Waals surface area contributed by atoms with E-state index in [2.05, 4.69) is 39.7 Å². The minimum absolute atomic E-state index is 0.00680. The first kappa shape index (κ1) is 57.4. The largest absolute Gasteiger partial charge is 0.481 e. The summed E-state index contributed by atoms with van der Waals surface area (Å²) in [6.45, 7) is -0.0302. The summed E-state index contributed by atoms with van der Waals surface area (Å²) < 4.78 is 73.2. The van der Waals surface area contributed by atoms with Crippen molar-refractivity contribution < 1.29 is 110 Å². The molecule has 2 aromatic rings. The minimum atomic E-state index is -5.63. The number of amides is 3. The number of carbonyl (C=O) groups is 4. The lowest BCUT2D eigenvalue weighted by atomic mass is 9.87. The van der Waals surface area contributed by atoms with Crippen LogP contribution in [0.1, 0.15) is 33.4 Å². The molecular weight excluding hydrogens is 1000 g/mol. The Bertz CT molecular complexity index is 2230. The molecule has 4 rings (SSSR count). The molecule has 2 aliphatic rings. The van der Waals surface area contributed by atoms with Crippen molar-refractivity contribution in [2.24, 2.45) is 11.1 Å². The fraction of sp³-hybridized carbons (Fsp3) is 0.719. The zero-order chi connectivity index (χ0) is 50.9. The Labute approximate surface area is 389 Å². The van der Waals surface area contributed by atoms with Crippen LogP contribution in [0.3, 0.4) is 0 Å². The highest BCUT2D eigenvalue weighted by Gasteiger charge is 2.51. The number of carbonyl (C=O) groups excluding carboxylic acids is 4. The smallest absolute Gasteiger partial charge is 0.394 e. The molecule has 13 unspecified atom stereocenters. The lowest BCUT2D eigenvalue weighted by Gasteiger charge is -2.42. The molecule has 4 heterocycles. The number of fused-ring (bicyclic) bond motifs is 1. The third kappa shape index (κ3) is 16.2. The first-order valence-corrected chi connectivity index (χ1v) is 25.4. The minimum Gasteiger partial charge on any atom is -0.394 e. The lowest BCUT2D eigenvalue weighted by Crippen LogP contribution is -2.64. The van der Waals surface area contributed by atoms with E-state index in [4.69, 9.17) is 34.7 Å². The van der Waals surface area contributed by atoms with Gasteiger partial charge in [0.15, 0.2) is 24.0 Å². The van der Waals surface area contributed by atoms with Gasteiger partial charge < -0.3 is 86.7 Å². The average Bonchev–Trinajstić information content (AvgIpc) is 3.81. The maximum absolute atomic E-state index is 12.7. The second-order valence-electron chi connectivity index (χ2n) is 15.6. The van der Waals surface area contributed by atoms with Crippen LogP contribution in [0.5, 0.6) is 0 Å². The average molecular weight is 1060 g/mol. The van der Waals surface area contributed by atoms with Crippen molar-refractivity contribution in [1.29, 1.82) is 0 Å². The summed E-state index contributed by atoms with van der Waals surface area (Å²) in [5.74, 6) is -2.24. The van der Waals surface area contributed by atoms with Crippen LogP contribution in [0.4, 0.5) is 5.82 Å². The third-order valence-electron chi connectivity index (χ3n) is 9.74. The molecule has 2 saturated heterocycles. The van der Waals surface area contributed by atoms with Gasteiger partial charge in [-0.05, 0) is 0 Å². The summed E-state index contributed by atoms with van der Waals surface area (Å²) in [4.78, 5) is 100. The summed E-state index contributed by atoms with van der Waals surface area (Å²) in [5, 5.41) is 58.0. The Balaban J connectivity index is 1.17. The number of nitrogens with two attached hydrogens (primary N) is 2. The van der Waals surface area contributed by atoms with Gasteiger partial charge in [0.05, 0.1) is 38.8 Å². The molecule has 0 spiro atoms. The summed E-state index contributed by atoms with van der Waals surface area (Å²) in [6, 6.07) is -2.48. The molecule has 0 aromatic carbocycles. The highest BCUT2D eigenvalue weighted by Crippen LogP contribution is 2.61. The Kier molecular flexibility index (Phi) is 20.5. The van der Waals surface area contributed by atoms with Crippen molar-refractivity contribution in [2.45, 2.75) is 94.5 Å². The van der Waals surface area contributed by atoms with Gasteiger partial charge in [0, 0.05) is 37.6 Å². The first-order chi connectivity index (χ1) is 31.6. The van der Waals surface area contributed by atoms with Crippen LogP contribution in [0.15, 0.2) is 12.7 Å². The van der Waals surface area contributed by atoms with E-state index in [9.17, 15) is 78.0 Å². The molecule has 68 heavy (non-hydrogen) atoms. The molecule has 32 nitrogen and oxygen atoms in total. The molecule has 2 fully saturated rings. The first-order valence-electron chi connectivity index (χ1n) is 19.9. The Morgan fingerprint density at radius 1 is 0.956 bits per heavy atom. The standard InChI is InChI=1S/C32H54N9O23P3S/c1-14(43)40-19-22(46)21(45)16(8-42)62-31(19)58-9-15(33)30(50)68-7-6-35-18(44)4-5-36-28(49)25(48)32(2,3)11-60-67(56,57)64-66(54,55)59-10-17-24(63-65(51,52)53)23(47)29(61-17)41-13-39-20-26(34)37-12-38-27(20)41/h12-13,15-17,19,21-25,29,31,42,45-48H,4-11,33H2,1-3H3,(H,35,44)(H,36,49)(H,40,43)(H,54,55)(H,56,57)(H2,34,37,38)(H2,51,52,53). The van der Waals surface area contributed by atoms with E-state index in [1.807, 2.05) is 0 Å². The summed E-state index contributed by atoms with van der Waals surface area (Å²) >= 11 is 0.737. The second kappa shape index (κ2) is 24.3. The normalized spacial score (nSPS) is 27.2. The number of nitrogens with zero attached hydrogens (tertiary/aromatic N) is 4. The maximum Gasteiger partial charge on any atom is 0.481 e. The predicted octanol–water partition coefficient (Wildman–Crippen LogP) is -5.05. The molecule has 0 bridgehead atoms. The van der Waals surface area contributed by atoms with Crippen molar-refractivity contribution in [3.8, 4) is 0 Å². The van der Waals surface area contributed by atoms with Crippen LogP contribution >= 0.6 is 35.2 Å². The van der Waals surface area contributed by atoms with Crippen LogP contribution in [-0.4, -0.2) is 194 Å². The van der Waals surface area contributed by atoms with E-state index >= 15 is 0 Å². The molecular formula is C32H54N9O23P3S. The van der Waals surface area contributed by atoms with Crippen LogP contribution in [-0.2, 0) is 65.0 Å². The van der Waals surface area contributed by atoms with Crippen LogP contribution < -0.4 is 27.4 Å². The predicted molar refractivity (Wildman–Crippen MR) is 226 cm³/mol. The van der Waals surface area contributed by atoms with Crippen molar-refractivity contribution >= 4 is 75.0 Å². The number of anilines is 1. The third-order valence-corrected chi connectivity index (χ3v) is 13.8. The van der Waals surface area contributed by atoms with Gasteiger partial charge in [-0.25, -0.2) is 28.6 Å². The summed E-state index contributed by atoms with van der Waals surface area (Å²) in [7, 11) is -16.6. The van der Waals surface area contributed by atoms with Gasteiger partial charge in [-0.3, -0.25) is 37.3 Å². The number of aliphatic hydroxyl groups excluding tert-OH is 5. The number of nitrogen functional groups attached to an aromatic ring is 1. The van der Waals surface area contributed by atoms with Crippen LogP contribution in [0.25, 0.3) is 11.2 Å². The lowest BCUT2D eigenvalue weighted by molar-refractivity contribution is -0.270. The van der Waals surface area contributed by atoms with E-state index in [0.717, 1.165) is 35.9 Å². The molecule has 36 heteroatoms. The van der Waals surface area contributed by atoms with Gasteiger partial charge >= 0.3 is 23.5 Å². The number of rotatable bonds is 25. The van der Waals surface area contributed by atoms with Gasteiger partial charge in [-0.15, -0.1) is 0 Å². The van der Waals surface area contributed by atoms with Crippen molar-refractivity contribution in [3.05, 3.63) is 12.7 Å². The monoisotopic (exact) mass is 1060 g/mol. The van der Waals surface area contributed by atoms with E-state index in [1.54, 1.807) is 0 Å². The maximum atomic E-state index is 12.7. The highest BCUT2D eigenvalue weighted by atomic mass is 32.2. The number of phosphoric acid groups is 3. The molecule has 2 aliphatic heterocycles. The molecule has 386 valence electrons. The summed E-state index contributed by atoms with van der Waals surface area (Å²) in [6.07, 6.45) is -13.0. The van der Waals surface area contributed by atoms with E-state index in [-0.39, 0.29) is 42.2 Å². The van der Waals surface area contributed by atoms with Crippen molar-refractivity contribution in [1.82, 2.24) is 35.5 Å². The van der Waals surface area contributed by atoms with Gasteiger partial charge in [-0.2, -0.15) is 4.31 Å². The molecule has 0 saturated carbocycles.